The average Bonchev–Trinajstić information content (AvgIpc) is 2.39. The molecule has 0 saturated carbocycles. The number of carbonyl (C=O) groups is 1. The summed E-state index contributed by atoms with van der Waals surface area (Å²) >= 11 is 0. The lowest BCUT2D eigenvalue weighted by molar-refractivity contribution is -0.385. The van der Waals surface area contributed by atoms with E-state index >= 15 is 0 Å². The number of nitro groups is 1. The highest BCUT2D eigenvalue weighted by molar-refractivity contribution is 6.04. The van der Waals surface area contributed by atoms with Gasteiger partial charge in [-0.15, -0.1) is 0 Å². The standard InChI is InChI=1S/C13H12N4O3/c1-8-6-10(3-4-11(8)17(19)20)16-13(18)9-2-5-12(14)15-7-9/h2-7H,1H3,(H2,14,15)(H,16,18). The maximum Gasteiger partial charge on any atom is 0.272 e. The van der Waals surface area contributed by atoms with Crippen LogP contribution in [0.3, 0.4) is 0 Å². The minimum absolute atomic E-state index is 0.0113. The van der Waals surface area contributed by atoms with Crippen molar-refractivity contribution in [2.75, 3.05) is 11.1 Å². The van der Waals surface area contributed by atoms with E-state index in [1.807, 2.05) is 0 Å². The minimum Gasteiger partial charge on any atom is -0.384 e. The van der Waals surface area contributed by atoms with Gasteiger partial charge in [-0.1, -0.05) is 0 Å². The van der Waals surface area contributed by atoms with Gasteiger partial charge in [0.05, 0.1) is 10.5 Å². The van der Waals surface area contributed by atoms with Crippen molar-refractivity contribution < 1.29 is 9.72 Å². The van der Waals surface area contributed by atoms with Crippen molar-refractivity contribution in [3.63, 3.8) is 0 Å². The molecule has 0 aliphatic heterocycles. The molecule has 3 N–H and O–H groups in total. The maximum atomic E-state index is 11.9. The summed E-state index contributed by atoms with van der Waals surface area (Å²) in [5.74, 6) is -0.0292. The van der Waals surface area contributed by atoms with Crippen LogP contribution in [0.2, 0.25) is 0 Å². The van der Waals surface area contributed by atoms with Gasteiger partial charge in [0, 0.05) is 23.5 Å². The molecule has 0 radical (unpaired) electrons. The molecule has 0 spiro atoms. The number of nitro benzene ring substituents is 1. The van der Waals surface area contributed by atoms with Gasteiger partial charge in [0.2, 0.25) is 0 Å². The van der Waals surface area contributed by atoms with Crippen molar-refractivity contribution in [1.82, 2.24) is 4.98 Å². The summed E-state index contributed by atoms with van der Waals surface area (Å²) in [7, 11) is 0. The van der Waals surface area contributed by atoms with Gasteiger partial charge in [-0.25, -0.2) is 4.98 Å². The van der Waals surface area contributed by atoms with E-state index in [0.717, 1.165) is 0 Å². The summed E-state index contributed by atoms with van der Waals surface area (Å²) in [6, 6.07) is 7.45. The first-order chi connectivity index (χ1) is 9.47. The van der Waals surface area contributed by atoms with Gasteiger partial charge < -0.3 is 11.1 Å². The second-order valence-corrected chi connectivity index (χ2v) is 4.18. The molecule has 0 aliphatic carbocycles. The van der Waals surface area contributed by atoms with Crippen LogP contribution in [0, 0.1) is 17.0 Å². The van der Waals surface area contributed by atoms with Crippen LogP contribution in [0.5, 0.6) is 0 Å². The van der Waals surface area contributed by atoms with Gasteiger partial charge in [-0.2, -0.15) is 0 Å². The molecule has 0 fully saturated rings. The SMILES string of the molecule is Cc1cc(NC(=O)c2ccc(N)nc2)ccc1[N+](=O)[O-]. The van der Waals surface area contributed by atoms with Crippen molar-refractivity contribution in [2.45, 2.75) is 6.92 Å². The van der Waals surface area contributed by atoms with Gasteiger partial charge in [0.15, 0.2) is 0 Å². The average molecular weight is 272 g/mol. The van der Waals surface area contributed by atoms with Gasteiger partial charge in [-0.3, -0.25) is 14.9 Å². The molecule has 7 nitrogen and oxygen atoms in total. The number of nitrogens with one attached hydrogen (secondary N) is 1. The number of pyridine rings is 1. The van der Waals surface area contributed by atoms with Crippen LogP contribution in [-0.2, 0) is 0 Å². The van der Waals surface area contributed by atoms with Crippen LogP contribution in [0.25, 0.3) is 0 Å². The second kappa shape index (κ2) is 5.35. The predicted octanol–water partition coefficient (Wildman–Crippen LogP) is 2.13. The summed E-state index contributed by atoms with van der Waals surface area (Å²) in [6.45, 7) is 1.61. The van der Waals surface area contributed by atoms with Crippen molar-refractivity contribution in [2.24, 2.45) is 0 Å². The minimum atomic E-state index is -0.467. The first-order valence-corrected chi connectivity index (χ1v) is 5.75. The molecule has 0 saturated heterocycles. The summed E-state index contributed by atoms with van der Waals surface area (Å²) in [4.78, 5) is 26.0. The highest BCUT2D eigenvalue weighted by Crippen LogP contribution is 2.21. The maximum absolute atomic E-state index is 11.9. The molecule has 7 heteroatoms. The van der Waals surface area contributed by atoms with Crippen LogP contribution >= 0.6 is 0 Å². The Morgan fingerprint density at radius 1 is 1.35 bits per heavy atom. The molecule has 2 aromatic rings. The Labute approximate surface area is 114 Å². The number of nitrogen functional groups attached to an aromatic ring is 1. The van der Waals surface area contributed by atoms with Crippen molar-refractivity contribution >= 4 is 23.1 Å². The van der Waals surface area contributed by atoms with E-state index < -0.39 is 4.92 Å². The lowest BCUT2D eigenvalue weighted by Crippen LogP contribution is -2.12. The Balaban J connectivity index is 2.18. The van der Waals surface area contributed by atoms with Crippen molar-refractivity contribution in [3.8, 4) is 0 Å². The van der Waals surface area contributed by atoms with E-state index in [0.29, 0.717) is 22.6 Å². The summed E-state index contributed by atoms with van der Waals surface area (Å²) < 4.78 is 0. The third kappa shape index (κ3) is 2.89. The summed E-state index contributed by atoms with van der Waals surface area (Å²) in [5.41, 5.74) is 6.76. The molecule has 1 heterocycles. The number of nitrogens with two attached hydrogens (primary N) is 1. The van der Waals surface area contributed by atoms with E-state index in [1.165, 1.54) is 24.4 Å². The normalized spacial score (nSPS) is 10.1. The number of benzene rings is 1. The van der Waals surface area contributed by atoms with Crippen LogP contribution in [0.4, 0.5) is 17.2 Å². The van der Waals surface area contributed by atoms with Crippen molar-refractivity contribution in [1.29, 1.82) is 0 Å². The number of aromatic nitrogens is 1. The third-order valence-electron chi connectivity index (χ3n) is 2.70. The first-order valence-electron chi connectivity index (χ1n) is 5.75. The molecule has 1 amide bonds. The van der Waals surface area contributed by atoms with Gasteiger partial charge in [0.1, 0.15) is 5.82 Å². The predicted molar refractivity (Wildman–Crippen MR) is 74.4 cm³/mol. The molecule has 2 rings (SSSR count). The highest BCUT2D eigenvalue weighted by Gasteiger charge is 2.12. The summed E-state index contributed by atoms with van der Waals surface area (Å²) in [6.07, 6.45) is 1.36. The Morgan fingerprint density at radius 2 is 2.10 bits per heavy atom. The zero-order valence-electron chi connectivity index (χ0n) is 10.7. The number of nitrogens with zero attached hydrogens (tertiary/aromatic N) is 2. The number of aryl methyl sites for hydroxylation is 1. The number of rotatable bonds is 3. The van der Waals surface area contributed by atoms with Crippen LogP contribution in [0.15, 0.2) is 36.5 Å². The number of hydrogen-bond donors (Lipinski definition) is 2. The highest BCUT2D eigenvalue weighted by atomic mass is 16.6. The summed E-state index contributed by atoms with van der Waals surface area (Å²) in [5, 5.41) is 13.3. The van der Waals surface area contributed by atoms with Gasteiger partial charge >= 0.3 is 0 Å². The first kappa shape index (κ1) is 13.5. The molecular formula is C13H12N4O3. The molecule has 0 atom stereocenters. The lowest BCUT2D eigenvalue weighted by atomic mass is 10.1. The lowest BCUT2D eigenvalue weighted by Gasteiger charge is -2.06. The van der Waals surface area contributed by atoms with E-state index in [4.69, 9.17) is 5.73 Å². The molecule has 0 aliphatic rings. The molecule has 102 valence electrons. The fourth-order valence-electron chi connectivity index (χ4n) is 1.68. The van der Waals surface area contributed by atoms with Crippen LogP contribution in [-0.4, -0.2) is 15.8 Å². The number of carbonyl (C=O) groups excluding carboxylic acids is 1. The van der Waals surface area contributed by atoms with Gasteiger partial charge in [-0.05, 0) is 31.2 Å². The Hall–Kier alpha value is -2.96. The zero-order chi connectivity index (χ0) is 14.7. The fraction of sp³-hybridized carbons (Fsp3) is 0.0769. The van der Waals surface area contributed by atoms with E-state index in [1.54, 1.807) is 19.1 Å². The fourth-order valence-corrected chi connectivity index (χ4v) is 1.68. The Kier molecular flexibility index (Phi) is 3.60. The molecule has 1 aromatic heterocycles. The molecule has 0 unspecified atom stereocenters. The molecule has 0 bridgehead atoms. The van der Waals surface area contributed by atoms with Crippen LogP contribution < -0.4 is 11.1 Å². The third-order valence-corrected chi connectivity index (χ3v) is 2.70. The number of amides is 1. The smallest absolute Gasteiger partial charge is 0.272 e. The molecule has 20 heavy (non-hydrogen) atoms. The number of anilines is 2. The number of hydrogen-bond acceptors (Lipinski definition) is 5. The largest absolute Gasteiger partial charge is 0.384 e. The van der Waals surface area contributed by atoms with E-state index in [9.17, 15) is 14.9 Å². The van der Waals surface area contributed by atoms with Crippen molar-refractivity contribution in [3.05, 3.63) is 57.8 Å². The Bertz CT molecular complexity index is 668. The van der Waals surface area contributed by atoms with Crippen LogP contribution in [0.1, 0.15) is 15.9 Å². The zero-order valence-corrected chi connectivity index (χ0v) is 10.7. The Morgan fingerprint density at radius 3 is 2.65 bits per heavy atom. The quantitative estimate of drug-likeness (QED) is 0.656. The topological polar surface area (TPSA) is 111 Å². The molecule has 1 aromatic carbocycles. The van der Waals surface area contributed by atoms with E-state index in [-0.39, 0.29) is 11.6 Å². The second-order valence-electron chi connectivity index (χ2n) is 4.18. The van der Waals surface area contributed by atoms with E-state index in [2.05, 4.69) is 10.3 Å². The monoisotopic (exact) mass is 272 g/mol. The van der Waals surface area contributed by atoms with Gasteiger partial charge in [0.25, 0.3) is 11.6 Å². The molecular weight excluding hydrogens is 260 g/mol.